The van der Waals surface area contributed by atoms with Crippen LogP contribution in [0.15, 0.2) is 24.5 Å². The fourth-order valence-corrected chi connectivity index (χ4v) is 1.05. The van der Waals surface area contributed by atoms with E-state index < -0.39 is 11.7 Å². The van der Waals surface area contributed by atoms with E-state index in [2.05, 4.69) is 4.98 Å². The van der Waals surface area contributed by atoms with Gasteiger partial charge < -0.3 is 4.79 Å². The lowest BCUT2D eigenvalue weighted by atomic mass is 10.1. The Morgan fingerprint density at radius 3 is 2.73 bits per heavy atom. The zero-order valence-electron chi connectivity index (χ0n) is 7.66. The first-order valence-corrected chi connectivity index (χ1v) is 4.17. The highest BCUT2D eigenvalue weighted by Crippen LogP contribution is 2.31. The van der Waals surface area contributed by atoms with Gasteiger partial charge in [0.1, 0.15) is 6.29 Å². The summed E-state index contributed by atoms with van der Waals surface area (Å²) in [5, 5.41) is 0. The number of carbonyl (C=O) groups excluding carboxylic acids is 1. The maximum Gasteiger partial charge on any atom is 0.417 e. The highest BCUT2D eigenvalue weighted by Gasteiger charge is 2.32. The second-order valence-corrected chi connectivity index (χ2v) is 2.77. The summed E-state index contributed by atoms with van der Waals surface area (Å²) in [6.07, 6.45) is 1.10. The molecule has 80 valence electrons. The number of nitrogens with zero attached hydrogens (tertiary/aromatic N) is 1. The van der Waals surface area contributed by atoms with Crippen molar-refractivity contribution in [3.63, 3.8) is 0 Å². The van der Waals surface area contributed by atoms with Crippen LogP contribution in [0.25, 0.3) is 6.08 Å². The summed E-state index contributed by atoms with van der Waals surface area (Å²) < 4.78 is 37.3. The normalized spacial score (nSPS) is 11.9. The van der Waals surface area contributed by atoms with Crippen LogP contribution in [0.2, 0.25) is 0 Å². The third-order valence-electron chi connectivity index (χ3n) is 1.69. The van der Waals surface area contributed by atoms with Crippen molar-refractivity contribution in [2.75, 3.05) is 0 Å². The molecule has 0 fully saturated rings. The maximum atomic E-state index is 12.4. The summed E-state index contributed by atoms with van der Waals surface area (Å²) in [4.78, 5) is 13.6. The lowest BCUT2D eigenvalue weighted by Crippen LogP contribution is -2.07. The maximum absolute atomic E-state index is 12.4. The minimum atomic E-state index is -4.40. The predicted octanol–water partition coefficient (Wildman–Crippen LogP) is 2.70. The fourth-order valence-electron chi connectivity index (χ4n) is 1.05. The molecule has 1 heterocycles. The van der Waals surface area contributed by atoms with E-state index in [9.17, 15) is 18.0 Å². The van der Waals surface area contributed by atoms with Crippen molar-refractivity contribution in [1.82, 2.24) is 4.98 Å². The number of carbonyl (C=O) groups is 1. The second kappa shape index (κ2) is 4.72. The van der Waals surface area contributed by atoms with E-state index in [1.54, 1.807) is 0 Å². The van der Waals surface area contributed by atoms with E-state index in [0.29, 0.717) is 6.29 Å². The van der Waals surface area contributed by atoms with Crippen molar-refractivity contribution in [2.24, 2.45) is 0 Å². The van der Waals surface area contributed by atoms with Crippen LogP contribution >= 0.6 is 0 Å². The second-order valence-electron chi connectivity index (χ2n) is 2.77. The van der Waals surface area contributed by atoms with Gasteiger partial charge >= 0.3 is 6.18 Å². The molecular weight excluding hydrogens is 207 g/mol. The molecule has 0 aliphatic heterocycles. The quantitative estimate of drug-likeness (QED) is 0.725. The molecular formula is C10H8F3NO. The monoisotopic (exact) mass is 215 g/mol. The van der Waals surface area contributed by atoms with E-state index in [1.807, 2.05) is 0 Å². The van der Waals surface area contributed by atoms with Crippen LogP contribution in [0.5, 0.6) is 0 Å². The van der Waals surface area contributed by atoms with Gasteiger partial charge in [-0.3, -0.25) is 4.98 Å². The van der Waals surface area contributed by atoms with Gasteiger partial charge in [-0.1, -0.05) is 12.2 Å². The Morgan fingerprint density at radius 1 is 1.40 bits per heavy atom. The van der Waals surface area contributed by atoms with Crippen molar-refractivity contribution < 1.29 is 18.0 Å². The van der Waals surface area contributed by atoms with E-state index in [-0.39, 0.29) is 12.0 Å². The minimum absolute atomic E-state index is 0.0353. The molecule has 0 radical (unpaired) electrons. The number of hydrogen-bond donors (Lipinski definition) is 0. The van der Waals surface area contributed by atoms with Crippen molar-refractivity contribution in [2.45, 2.75) is 12.6 Å². The van der Waals surface area contributed by atoms with Gasteiger partial charge in [0.05, 0.1) is 5.56 Å². The molecule has 0 saturated carbocycles. The zero-order chi connectivity index (χ0) is 11.3. The standard InChI is InChI=1S/C10H8F3NO/c11-10(12,13)9-4-5-14-7-8(9)3-1-2-6-15/h1,3-7H,2H2. The number of hydrogen-bond acceptors (Lipinski definition) is 2. The Hall–Kier alpha value is -1.65. The van der Waals surface area contributed by atoms with Gasteiger partial charge in [0.15, 0.2) is 0 Å². The van der Waals surface area contributed by atoms with E-state index in [1.165, 1.54) is 12.2 Å². The number of allylic oxidation sites excluding steroid dienone is 1. The van der Waals surface area contributed by atoms with Gasteiger partial charge in [-0.05, 0) is 6.07 Å². The highest BCUT2D eigenvalue weighted by molar-refractivity contribution is 5.59. The predicted molar refractivity (Wildman–Crippen MR) is 49.0 cm³/mol. The topological polar surface area (TPSA) is 30.0 Å². The minimum Gasteiger partial charge on any atom is -0.303 e. The third kappa shape index (κ3) is 3.19. The molecule has 0 bridgehead atoms. The van der Waals surface area contributed by atoms with Crippen LogP contribution < -0.4 is 0 Å². The van der Waals surface area contributed by atoms with Crippen molar-refractivity contribution in [3.8, 4) is 0 Å². The molecule has 1 rings (SSSR count). The lowest BCUT2D eigenvalue weighted by molar-refractivity contribution is -0.137. The molecule has 0 atom stereocenters. The van der Waals surface area contributed by atoms with Crippen molar-refractivity contribution >= 4 is 12.4 Å². The Kier molecular flexibility index (Phi) is 3.60. The van der Waals surface area contributed by atoms with Crippen LogP contribution in [-0.2, 0) is 11.0 Å². The Labute approximate surface area is 84.4 Å². The molecule has 0 aromatic carbocycles. The molecule has 0 unspecified atom stereocenters. The molecule has 0 saturated heterocycles. The molecule has 1 aromatic rings. The van der Waals surface area contributed by atoms with Gasteiger partial charge in [0, 0.05) is 24.4 Å². The van der Waals surface area contributed by atoms with E-state index in [0.717, 1.165) is 18.5 Å². The van der Waals surface area contributed by atoms with E-state index >= 15 is 0 Å². The number of aromatic nitrogens is 1. The number of halogens is 3. The Morgan fingerprint density at radius 2 is 2.13 bits per heavy atom. The summed E-state index contributed by atoms with van der Waals surface area (Å²) in [6.45, 7) is 0. The number of alkyl halides is 3. The average Bonchev–Trinajstić information content (AvgIpc) is 2.17. The molecule has 0 spiro atoms. The number of aldehydes is 1. The van der Waals surface area contributed by atoms with Gasteiger partial charge in [0.25, 0.3) is 0 Å². The molecule has 0 aliphatic rings. The van der Waals surface area contributed by atoms with Gasteiger partial charge in [-0.15, -0.1) is 0 Å². The molecule has 0 aliphatic carbocycles. The summed E-state index contributed by atoms with van der Waals surface area (Å²) in [5.74, 6) is 0. The third-order valence-corrected chi connectivity index (χ3v) is 1.69. The average molecular weight is 215 g/mol. The highest BCUT2D eigenvalue weighted by atomic mass is 19.4. The molecule has 1 aromatic heterocycles. The van der Waals surface area contributed by atoms with Crippen molar-refractivity contribution in [1.29, 1.82) is 0 Å². The van der Waals surface area contributed by atoms with E-state index in [4.69, 9.17) is 0 Å². The smallest absolute Gasteiger partial charge is 0.303 e. The first-order valence-electron chi connectivity index (χ1n) is 4.17. The largest absolute Gasteiger partial charge is 0.417 e. The number of rotatable bonds is 3. The summed E-state index contributed by atoms with van der Waals surface area (Å²) in [7, 11) is 0. The molecule has 5 heteroatoms. The summed E-state index contributed by atoms with van der Waals surface area (Å²) in [6, 6.07) is 0.903. The van der Waals surface area contributed by atoms with Gasteiger partial charge in [-0.25, -0.2) is 0 Å². The molecule has 15 heavy (non-hydrogen) atoms. The molecule has 0 amide bonds. The van der Waals surface area contributed by atoms with Crippen LogP contribution in [-0.4, -0.2) is 11.3 Å². The van der Waals surface area contributed by atoms with Crippen LogP contribution in [0.1, 0.15) is 17.5 Å². The fraction of sp³-hybridized carbons (Fsp3) is 0.200. The van der Waals surface area contributed by atoms with Crippen LogP contribution in [0.3, 0.4) is 0 Å². The van der Waals surface area contributed by atoms with Crippen LogP contribution in [0.4, 0.5) is 13.2 Å². The van der Waals surface area contributed by atoms with Crippen LogP contribution in [0, 0.1) is 0 Å². The van der Waals surface area contributed by atoms with Crippen molar-refractivity contribution in [3.05, 3.63) is 35.7 Å². The summed E-state index contributed by atoms with van der Waals surface area (Å²) >= 11 is 0. The molecule has 0 N–H and O–H groups in total. The SMILES string of the molecule is O=CCC=Cc1cnccc1C(F)(F)F. The molecule has 2 nitrogen and oxygen atoms in total. The Balaban J connectivity index is 3.02. The first-order chi connectivity index (χ1) is 7.05. The van der Waals surface area contributed by atoms with Gasteiger partial charge in [0.2, 0.25) is 0 Å². The lowest BCUT2D eigenvalue weighted by Gasteiger charge is -2.08. The zero-order valence-corrected chi connectivity index (χ0v) is 7.66. The first kappa shape index (κ1) is 11.4. The van der Waals surface area contributed by atoms with Gasteiger partial charge in [-0.2, -0.15) is 13.2 Å². The Bertz CT molecular complexity index is 371. The number of pyridine rings is 1. The summed E-state index contributed by atoms with van der Waals surface area (Å²) in [5.41, 5.74) is -0.786.